The van der Waals surface area contributed by atoms with E-state index in [4.69, 9.17) is 15.2 Å². The Bertz CT molecular complexity index is 228. The highest BCUT2D eigenvalue weighted by Gasteiger charge is 2.27. The molecule has 0 bridgehead atoms. The standard InChI is InChI=1S/C12H25N3O2/c1-2-14-3-6-17-12(8-14)9-15-4-5-16-10-11(15)7-13/h11-12H,2-10,13H2,1H3. The summed E-state index contributed by atoms with van der Waals surface area (Å²) in [6.07, 6.45) is 0.329. The summed E-state index contributed by atoms with van der Waals surface area (Å²) in [5, 5.41) is 0. The molecule has 5 nitrogen and oxygen atoms in total. The van der Waals surface area contributed by atoms with Crippen molar-refractivity contribution in [3.05, 3.63) is 0 Å². The molecule has 0 aromatic rings. The van der Waals surface area contributed by atoms with Crippen molar-refractivity contribution >= 4 is 0 Å². The molecule has 2 aliphatic rings. The molecule has 5 heteroatoms. The summed E-state index contributed by atoms with van der Waals surface area (Å²) in [5.41, 5.74) is 5.78. The molecule has 0 radical (unpaired) electrons. The molecular weight excluding hydrogens is 218 g/mol. The highest BCUT2D eigenvalue weighted by Crippen LogP contribution is 2.11. The number of ether oxygens (including phenoxy) is 2. The molecule has 0 saturated carbocycles. The number of nitrogens with zero attached hydrogens (tertiary/aromatic N) is 2. The van der Waals surface area contributed by atoms with Gasteiger partial charge in [0.1, 0.15) is 0 Å². The second-order valence-corrected chi connectivity index (χ2v) is 4.85. The van der Waals surface area contributed by atoms with Crippen LogP contribution in [0.1, 0.15) is 6.92 Å². The molecule has 2 saturated heterocycles. The van der Waals surface area contributed by atoms with Crippen LogP contribution in [0.15, 0.2) is 0 Å². The zero-order chi connectivity index (χ0) is 12.1. The first-order chi connectivity index (χ1) is 8.33. The average molecular weight is 243 g/mol. The number of hydrogen-bond donors (Lipinski definition) is 1. The Morgan fingerprint density at radius 2 is 2.18 bits per heavy atom. The minimum atomic E-state index is 0.329. The quantitative estimate of drug-likeness (QED) is 0.712. The van der Waals surface area contributed by atoms with Crippen LogP contribution in [0.3, 0.4) is 0 Å². The van der Waals surface area contributed by atoms with Crippen molar-refractivity contribution in [1.82, 2.24) is 9.80 Å². The Balaban J connectivity index is 1.81. The molecule has 2 fully saturated rings. The van der Waals surface area contributed by atoms with Gasteiger partial charge in [0.05, 0.1) is 25.9 Å². The third-order valence-electron chi connectivity index (χ3n) is 3.73. The van der Waals surface area contributed by atoms with Crippen LogP contribution in [-0.4, -0.2) is 81.0 Å². The summed E-state index contributed by atoms with van der Waals surface area (Å²) in [5.74, 6) is 0. The van der Waals surface area contributed by atoms with Crippen molar-refractivity contribution in [3.8, 4) is 0 Å². The van der Waals surface area contributed by atoms with Crippen LogP contribution < -0.4 is 5.73 Å². The fourth-order valence-corrected chi connectivity index (χ4v) is 2.59. The lowest BCUT2D eigenvalue weighted by atomic mass is 10.2. The van der Waals surface area contributed by atoms with Crippen molar-refractivity contribution in [1.29, 1.82) is 0 Å². The first-order valence-corrected chi connectivity index (χ1v) is 6.69. The Morgan fingerprint density at radius 1 is 1.29 bits per heavy atom. The first kappa shape index (κ1) is 13.2. The van der Waals surface area contributed by atoms with Crippen molar-refractivity contribution < 1.29 is 9.47 Å². The summed E-state index contributed by atoms with van der Waals surface area (Å²) in [4.78, 5) is 4.87. The molecule has 2 N–H and O–H groups in total. The van der Waals surface area contributed by atoms with E-state index in [1.165, 1.54) is 0 Å². The van der Waals surface area contributed by atoms with Crippen LogP contribution in [0.5, 0.6) is 0 Å². The van der Waals surface area contributed by atoms with Crippen LogP contribution in [0, 0.1) is 0 Å². The minimum Gasteiger partial charge on any atom is -0.378 e. The number of likely N-dealkylation sites (N-methyl/N-ethyl adjacent to an activating group) is 1. The van der Waals surface area contributed by atoms with E-state index < -0.39 is 0 Å². The molecule has 2 unspecified atom stereocenters. The fraction of sp³-hybridized carbons (Fsp3) is 1.00. The SMILES string of the molecule is CCN1CCOC(CN2CCOCC2CN)C1. The Kier molecular flexibility index (Phi) is 5.18. The lowest BCUT2D eigenvalue weighted by Crippen LogP contribution is -2.55. The predicted molar refractivity (Wildman–Crippen MR) is 67.1 cm³/mol. The molecule has 2 heterocycles. The molecule has 0 aromatic carbocycles. The molecule has 2 rings (SSSR count). The summed E-state index contributed by atoms with van der Waals surface area (Å²) in [6.45, 7) is 10.5. The van der Waals surface area contributed by atoms with Gasteiger partial charge >= 0.3 is 0 Å². The van der Waals surface area contributed by atoms with E-state index in [1.807, 2.05) is 0 Å². The van der Waals surface area contributed by atoms with E-state index in [9.17, 15) is 0 Å². The molecule has 0 spiro atoms. The number of hydrogen-bond acceptors (Lipinski definition) is 5. The second kappa shape index (κ2) is 6.66. The molecule has 0 aliphatic carbocycles. The van der Waals surface area contributed by atoms with Gasteiger partial charge in [0.15, 0.2) is 0 Å². The lowest BCUT2D eigenvalue weighted by molar-refractivity contribution is -0.0704. The summed E-state index contributed by atoms with van der Waals surface area (Å²) >= 11 is 0. The number of morpholine rings is 2. The van der Waals surface area contributed by atoms with E-state index >= 15 is 0 Å². The monoisotopic (exact) mass is 243 g/mol. The van der Waals surface area contributed by atoms with Crippen LogP contribution in [-0.2, 0) is 9.47 Å². The molecule has 0 aromatic heterocycles. The van der Waals surface area contributed by atoms with Gasteiger partial charge in [0.25, 0.3) is 0 Å². The maximum Gasteiger partial charge on any atom is 0.0829 e. The van der Waals surface area contributed by atoms with Gasteiger partial charge in [-0.1, -0.05) is 6.92 Å². The van der Waals surface area contributed by atoms with E-state index in [0.29, 0.717) is 18.7 Å². The second-order valence-electron chi connectivity index (χ2n) is 4.85. The molecule has 17 heavy (non-hydrogen) atoms. The van der Waals surface area contributed by atoms with Crippen LogP contribution >= 0.6 is 0 Å². The van der Waals surface area contributed by atoms with Gasteiger partial charge in [-0.2, -0.15) is 0 Å². The summed E-state index contributed by atoms with van der Waals surface area (Å²) < 4.78 is 11.3. The zero-order valence-corrected chi connectivity index (χ0v) is 10.8. The Labute approximate surface area is 104 Å². The third-order valence-corrected chi connectivity index (χ3v) is 3.73. The van der Waals surface area contributed by atoms with Crippen molar-refractivity contribution in [3.63, 3.8) is 0 Å². The number of rotatable bonds is 4. The van der Waals surface area contributed by atoms with Gasteiger partial charge in [-0.25, -0.2) is 0 Å². The predicted octanol–water partition coefficient (Wildman–Crippen LogP) is -0.633. The van der Waals surface area contributed by atoms with Crippen LogP contribution in [0.2, 0.25) is 0 Å². The largest absolute Gasteiger partial charge is 0.378 e. The average Bonchev–Trinajstić information content (AvgIpc) is 2.39. The van der Waals surface area contributed by atoms with Crippen LogP contribution in [0.4, 0.5) is 0 Å². The molecule has 0 amide bonds. The summed E-state index contributed by atoms with van der Waals surface area (Å²) in [7, 11) is 0. The van der Waals surface area contributed by atoms with Gasteiger partial charge in [0, 0.05) is 38.8 Å². The van der Waals surface area contributed by atoms with Crippen molar-refractivity contribution in [2.45, 2.75) is 19.1 Å². The first-order valence-electron chi connectivity index (χ1n) is 6.69. The van der Waals surface area contributed by atoms with Gasteiger partial charge in [-0.05, 0) is 6.54 Å². The topological polar surface area (TPSA) is 51.0 Å². The minimum absolute atomic E-state index is 0.329. The van der Waals surface area contributed by atoms with E-state index in [1.54, 1.807) is 0 Å². The lowest BCUT2D eigenvalue weighted by Gasteiger charge is -2.39. The van der Waals surface area contributed by atoms with Gasteiger partial charge in [0.2, 0.25) is 0 Å². The van der Waals surface area contributed by atoms with Crippen LogP contribution in [0.25, 0.3) is 0 Å². The molecule has 2 aliphatic heterocycles. The highest BCUT2D eigenvalue weighted by atomic mass is 16.5. The molecule has 100 valence electrons. The normalized spacial score (nSPS) is 32.8. The zero-order valence-electron chi connectivity index (χ0n) is 10.8. The fourth-order valence-electron chi connectivity index (χ4n) is 2.59. The number of nitrogens with two attached hydrogens (primary N) is 1. The van der Waals surface area contributed by atoms with E-state index in [0.717, 1.165) is 52.5 Å². The van der Waals surface area contributed by atoms with Crippen molar-refractivity contribution in [2.75, 3.05) is 59.1 Å². The Morgan fingerprint density at radius 3 is 2.94 bits per heavy atom. The smallest absolute Gasteiger partial charge is 0.0829 e. The maximum atomic E-state index is 5.84. The van der Waals surface area contributed by atoms with Gasteiger partial charge in [-0.3, -0.25) is 9.80 Å². The van der Waals surface area contributed by atoms with E-state index in [2.05, 4.69) is 16.7 Å². The third kappa shape index (κ3) is 3.63. The highest BCUT2D eigenvalue weighted by molar-refractivity contribution is 4.81. The maximum absolute atomic E-state index is 5.84. The summed E-state index contributed by atoms with van der Waals surface area (Å²) in [6, 6.07) is 0.365. The van der Waals surface area contributed by atoms with E-state index in [-0.39, 0.29) is 0 Å². The van der Waals surface area contributed by atoms with Gasteiger partial charge < -0.3 is 15.2 Å². The molecule has 2 atom stereocenters. The van der Waals surface area contributed by atoms with Crippen molar-refractivity contribution in [2.24, 2.45) is 5.73 Å². The molecular formula is C12H25N3O2. The Hall–Kier alpha value is -0.200. The van der Waals surface area contributed by atoms with Gasteiger partial charge in [-0.15, -0.1) is 0 Å².